The smallest absolute Gasteiger partial charge is 0.369 e. The van der Waals surface area contributed by atoms with Crippen LogP contribution in [0.25, 0.3) is 0 Å². The first-order valence-corrected chi connectivity index (χ1v) is 7.38. The van der Waals surface area contributed by atoms with Gasteiger partial charge < -0.3 is 10.1 Å². The summed E-state index contributed by atoms with van der Waals surface area (Å²) in [6.07, 6.45) is -2.67. The van der Waals surface area contributed by atoms with Gasteiger partial charge in [-0.15, -0.1) is 0 Å². The highest BCUT2D eigenvalue weighted by Crippen LogP contribution is 2.21. The van der Waals surface area contributed by atoms with E-state index >= 15 is 0 Å². The van der Waals surface area contributed by atoms with E-state index in [1.54, 1.807) is 0 Å². The molecule has 0 saturated heterocycles. The topological polar surface area (TPSA) is 47.0 Å². The molecule has 0 atom stereocenters. The Morgan fingerprint density at radius 3 is 2.50 bits per heavy atom. The first-order chi connectivity index (χ1) is 9.37. The van der Waals surface area contributed by atoms with Crippen LogP contribution in [0.2, 0.25) is 0 Å². The maximum Gasteiger partial charge on any atom is 0.411 e. The first kappa shape index (κ1) is 17.4. The van der Waals surface area contributed by atoms with Gasteiger partial charge in [-0.2, -0.15) is 13.2 Å². The second-order valence-corrected chi connectivity index (χ2v) is 5.22. The van der Waals surface area contributed by atoms with E-state index in [0.717, 1.165) is 22.1 Å². The fraction of sp³-hybridized carbons (Fsp3) is 0.667. The second-order valence-electron chi connectivity index (χ2n) is 4.14. The summed E-state index contributed by atoms with van der Waals surface area (Å²) in [5, 5.41) is 3.09. The Morgan fingerprint density at radius 2 is 1.95 bits per heavy atom. The minimum atomic E-state index is -4.33. The average Bonchev–Trinajstić information content (AvgIpc) is 2.34. The van der Waals surface area contributed by atoms with Crippen molar-refractivity contribution in [1.82, 2.24) is 9.97 Å². The molecule has 1 aromatic rings. The molecule has 1 heterocycles. The molecule has 0 aliphatic heterocycles. The third-order valence-corrected chi connectivity index (χ3v) is 3.43. The fourth-order valence-corrected chi connectivity index (χ4v) is 2.26. The third kappa shape index (κ3) is 5.78. The zero-order valence-corrected chi connectivity index (χ0v) is 13.5. The normalized spacial score (nSPS) is 11.7. The molecule has 4 nitrogen and oxygen atoms in total. The maximum absolute atomic E-state index is 12.0. The van der Waals surface area contributed by atoms with Crippen LogP contribution in [0.1, 0.15) is 31.8 Å². The van der Waals surface area contributed by atoms with Gasteiger partial charge >= 0.3 is 6.18 Å². The molecule has 0 spiro atoms. The lowest BCUT2D eigenvalue weighted by Crippen LogP contribution is -2.18. The molecular weight excluding hydrogens is 386 g/mol. The number of nitrogens with one attached hydrogen (secondary N) is 1. The van der Waals surface area contributed by atoms with Crippen molar-refractivity contribution in [2.45, 2.75) is 39.5 Å². The number of aromatic nitrogens is 2. The van der Waals surface area contributed by atoms with Crippen LogP contribution >= 0.6 is 22.6 Å². The van der Waals surface area contributed by atoms with Crippen molar-refractivity contribution in [3.8, 4) is 0 Å². The van der Waals surface area contributed by atoms with Gasteiger partial charge in [-0.3, -0.25) is 0 Å². The molecule has 114 valence electrons. The van der Waals surface area contributed by atoms with Crippen molar-refractivity contribution < 1.29 is 17.9 Å². The minimum Gasteiger partial charge on any atom is -0.369 e. The summed E-state index contributed by atoms with van der Waals surface area (Å²) in [5.41, 5.74) is 0.838. The summed E-state index contributed by atoms with van der Waals surface area (Å²) in [4.78, 5) is 8.48. The molecule has 0 aromatic carbocycles. The van der Waals surface area contributed by atoms with E-state index in [9.17, 15) is 13.2 Å². The number of halogens is 4. The SMILES string of the molecule is CCCc1nc(COCC(F)(F)F)nc(NCC)c1I. The van der Waals surface area contributed by atoms with Crippen LogP contribution in [0.4, 0.5) is 19.0 Å². The lowest BCUT2D eigenvalue weighted by Gasteiger charge is -2.12. The Morgan fingerprint density at radius 1 is 1.25 bits per heavy atom. The summed E-state index contributed by atoms with van der Waals surface area (Å²) >= 11 is 2.15. The summed E-state index contributed by atoms with van der Waals surface area (Å²) in [5.74, 6) is 0.922. The van der Waals surface area contributed by atoms with Gasteiger partial charge in [0.15, 0.2) is 5.82 Å². The largest absolute Gasteiger partial charge is 0.411 e. The number of anilines is 1. The number of hydrogen-bond acceptors (Lipinski definition) is 4. The highest BCUT2D eigenvalue weighted by atomic mass is 127. The first-order valence-electron chi connectivity index (χ1n) is 6.31. The van der Waals surface area contributed by atoms with Gasteiger partial charge in [0.2, 0.25) is 0 Å². The lowest BCUT2D eigenvalue weighted by atomic mass is 10.2. The molecule has 1 rings (SSSR count). The molecule has 0 bridgehead atoms. The van der Waals surface area contributed by atoms with Gasteiger partial charge in [0.05, 0.1) is 9.26 Å². The number of rotatable bonds is 7. The van der Waals surface area contributed by atoms with Crippen LogP contribution in [-0.2, 0) is 17.8 Å². The molecule has 0 aliphatic rings. The predicted molar refractivity (Wildman–Crippen MR) is 78.6 cm³/mol. The second kappa shape index (κ2) is 7.96. The number of nitrogens with zero attached hydrogens (tertiary/aromatic N) is 2. The van der Waals surface area contributed by atoms with E-state index < -0.39 is 12.8 Å². The van der Waals surface area contributed by atoms with Crippen molar-refractivity contribution in [2.75, 3.05) is 18.5 Å². The van der Waals surface area contributed by atoms with Gasteiger partial charge in [0, 0.05) is 6.54 Å². The lowest BCUT2D eigenvalue weighted by molar-refractivity contribution is -0.177. The van der Waals surface area contributed by atoms with E-state index in [0.29, 0.717) is 12.4 Å². The van der Waals surface area contributed by atoms with Crippen molar-refractivity contribution in [3.05, 3.63) is 15.1 Å². The number of ether oxygens (including phenoxy) is 1. The molecule has 0 saturated carbocycles. The van der Waals surface area contributed by atoms with E-state index in [-0.39, 0.29) is 12.4 Å². The molecule has 8 heteroatoms. The van der Waals surface area contributed by atoms with E-state index in [4.69, 9.17) is 0 Å². The Hall–Kier alpha value is -0.640. The molecule has 0 fully saturated rings. The van der Waals surface area contributed by atoms with Gasteiger partial charge in [0.25, 0.3) is 0 Å². The van der Waals surface area contributed by atoms with Gasteiger partial charge in [-0.1, -0.05) is 13.3 Å². The molecule has 0 radical (unpaired) electrons. The molecular formula is C12H17F3IN3O. The minimum absolute atomic E-state index is 0.245. The van der Waals surface area contributed by atoms with Crippen LogP contribution in [0, 0.1) is 3.57 Å². The zero-order valence-electron chi connectivity index (χ0n) is 11.4. The van der Waals surface area contributed by atoms with Gasteiger partial charge in [-0.25, -0.2) is 9.97 Å². The quantitative estimate of drug-likeness (QED) is 0.708. The van der Waals surface area contributed by atoms with Crippen molar-refractivity contribution in [2.24, 2.45) is 0 Å². The number of hydrogen-bond donors (Lipinski definition) is 1. The summed E-state index contributed by atoms with van der Waals surface area (Å²) in [6, 6.07) is 0. The number of aryl methyl sites for hydroxylation is 1. The average molecular weight is 403 g/mol. The summed E-state index contributed by atoms with van der Waals surface area (Å²) < 4.78 is 41.6. The summed E-state index contributed by atoms with van der Waals surface area (Å²) in [6.45, 7) is 3.09. The van der Waals surface area contributed by atoms with Crippen molar-refractivity contribution >= 4 is 28.4 Å². The van der Waals surface area contributed by atoms with Gasteiger partial charge in [-0.05, 0) is 35.9 Å². The van der Waals surface area contributed by atoms with Gasteiger partial charge in [0.1, 0.15) is 19.0 Å². The number of alkyl halides is 3. The Bertz CT molecular complexity index is 413. The van der Waals surface area contributed by atoms with Crippen LogP contribution in [0.3, 0.4) is 0 Å². The maximum atomic E-state index is 12.0. The Kier molecular flexibility index (Phi) is 6.93. The van der Waals surface area contributed by atoms with E-state index in [2.05, 4.69) is 42.6 Å². The highest BCUT2D eigenvalue weighted by molar-refractivity contribution is 14.1. The predicted octanol–water partition coefficient (Wildman–Crippen LogP) is 3.54. The molecule has 1 N–H and O–H groups in total. The van der Waals surface area contributed by atoms with E-state index in [1.165, 1.54) is 0 Å². The van der Waals surface area contributed by atoms with Crippen LogP contribution < -0.4 is 5.32 Å². The molecule has 20 heavy (non-hydrogen) atoms. The van der Waals surface area contributed by atoms with E-state index in [1.807, 2.05) is 13.8 Å². The van der Waals surface area contributed by atoms with Crippen LogP contribution in [0.5, 0.6) is 0 Å². The Labute approximate surface area is 129 Å². The molecule has 1 aromatic heterocycles. The van der Waals surface area contributed by atoms with Crippen molar-refractivity contribution in [3.63, 3.8) is 0 Å². The van der Waals surface area contributed by atoms with Crippen LogP contribution in [-0.4, -0.2) is 29.3 Å². The molecule has 0 unspecified atom stereocenters. The standard InChI is InChI=1S/C12H17F3IN3O/c1-3-5-8-10(16)11(17-4-2)19-9(18-8)6-20-7-12(13,14)15/h3-7H2,1-2H3,(H,17,18,19). The third-order valence-electron chi connectivity index (χ3n) is 2.29. The highest BCUT2D eigenvalue weighted by Gasteiger charge is 2.27. The zero-order chi connectivity index (χ0) is 15.2. The summed E-state index contributed by atoms with van der Waals surface area (Å²) in [7, 11) is 0. The van der Waals surface area contributed by atoms with Crippen molar-refractivity contribution in [1.29, 1.82) is 0 Å². The fourth-order valence-electron chi connectivity index (χ4n) is 1.55. The monoisotopic (exact) mass is 403 g/mol. The Balaban J connectivity index is 2.84. The molecule has 0 aliphatic carbocycles. The molecule has 0 amide bonds. The van der Waals surface area contributed by atoms with Crippen LogP contribution in [0.15, 0.2) is 0 Å².